The first kappa shape index (κ1) is 20.0. The topological polar surface area (TPSA) is 70.3 Å². The van der Waals surface area contributed by atoms with Crippen LogP contribution in [-0.2, 0) is 0 Å². The predicted molar refractivity (Wildman–Crippen MR) is 126 cm³/mol. The Kier molecular flexibility index (Phi) is 6.45. The first-order valence-electron chi connectivity index (χ1n) is 9.67. The lowest BCUT2D eigenvalue weighted by Gasteiger charge is -2.31. The molecule has 6 nitrogen and oxygen atoms in total. The van der Waals surface area contributed by atoms with E-state index in [1.807, 2.05) is 25.1 Å². The summed E-state index contributed by atoms with van der Waals surface area (Å²) in [5.74, 6) is 8.32. The zero-order chi connectivity index (χ0) is 19.5. The number of nitrogen functional groups attached to an aromatic ring is 1. The van der Waals surface area contributed by atoms with Gasteiger partial charge in [-0.25, -0.2) is 14.3 Å². The Balaban J connectivity index is 1.25. The molecule has 0 atom stereocenters. The maximum Gasteiger partial charge on any atom is 0.185 e. The van der Waals surface area contributed by atoms with E-state index in [1.54, 1.807) is 11.3 Å². The highest BCUT2D eigenvalue weighted by Crippen LogP contribution is 2.30. The van der Waals surface area contributed by atoms with Gasteiger partial charge < -0.3 is 16.0 Å². The number of hydrogen-bond acceptors (Lipinski definition) is 8. The number of pyridine rings is 1. The molecule has 4 heterocycles. The first-order valence-corrected chi connectivity index (χ1v) is 13.0. The quantitative estimate of drug-likeness (QED) is 0.549. The third kappa shape index (κ3) is 5.00. The number of anilines is 3. The Morgan fingerprint density at radius 2 is 2.00 bits per heavy atom. The molecule has 3 N–H and O–H groups in total. The predicted octanol–water partition coefficient (Wildman–Crippen LogP) is 3.53. The molecular weight excluding hydrogens is 408 g/mol. The second-order valence-electron chi connectivity index (χ2n) is 7.26. The van der Waals surface area contributed by atoms with Gasteiger partial charge in [0, 0.05) is 59.7 Å². The first-order chi connectivity index (χ1) is 13.6. The number of nitrogens with two attached hydrogens (primary N) is 1. The molecule has 2 aliphatic heterocycles. The molecule has 152 valence electrons. The molecule has 2 fully saturated rings. The molecule has 0 unspecified atom stereocenters. The lowest BCUT2D eigenvalue weighted by Crippen LogP contribution is -2.35. The van der Waals surface area contributed by atoms with Crippen LogP contribution in [0.2, 0.25) is 0 Å². The van der Waals surface area contributed by atoms with Gasteiger partial charge in [-0.2, -0.15) is 10.5 Å². The fourth-order valence-electron chi connectivity index (χ4n) is 3.42. The molecule has 2 aromatic heterocycles. The molecule has 0 radical (unpaired) electrons. The van der Waals surface area contributed by atoms with Crippen molar-refractivity contribution < 1.29 is 0 Å². The van der Waals surface area contributed by atoms with Gasteiger partial charge in [-0.1, -0.05) is 5.87 Å². The highest BCUT2D eigenvalue weighted by Gasteiger charge is 2.21. The number of piperidine rings is 1. The Hall–Kier alpha value is -1.29. The van der Waals surface area contributed by atoms with Crippen LogP contribution in [0.4, 0.5) is 16.8 Å². The number of aromatic nitrogens is 2. The number of nitrogens with one attached hydrogen (secondary N) is 1. The van der Waals surface area contributed by atoms with E-state index < -0.39 is 0 Å². The summed E-state index contributed by atoms with van der Waals surface area (Å²) in [7, 11) is 0.345. The highest BCUT2D eigenvalue weighted by atomic mass is 32.2. The van der Waals surface area contributed by atoms with Gasteiger partial charge in [0.2, 0.25) is 0 Å². The smallest absolute Gasteiger partial charge is 0.185 e. The van der Waals surface area contributed by atoms with E-state index in [1.165, 1.54) is 16.4 Å². The average molecular weight is 437 g/mol. The molecule has 0 saturated carbocycles. The Morgan fingerprint density at radius 3 is 2.61 bits per heavy atom. The van der Waals surface area contributed by atoms with Gasteiger partial charge in [0.1, 0.15) is 11.6 Å². The minimum atomic E-state index is 0.345. The minimum absolute atomic E-state index is 0.345. The fraction of sp³-hybridized carbons (Fsp3) is 0.526. The van der Waals surface area contributed by atoms with Crippen LogP contribution in [0.25, 0.3) is 0 Å². The molecule has 2 saturated heterocycles. The summed E-state index contributed by atoms with van der Waals surface area (Å²) >= 11 is 3.46. The summed E-state index contributed by atoms with van der Waals surface area (Å²) < 4.78 is 2.44. The summed E-state index contributed by atoms with van der Waals surface area (Å²) in [6.07, 6.45) is 4.24. The SMILES string of the molecule is C=S1CCN(c2ccc(SN3CCC(Nc4nc(N)c(C)s4)CC3)cn2)CC1. The van der Waals surface area contributed by atoms with Crippen LogP contribution >= 0.6 is 33.8 Å². The maximum absolute atomic E-state index is 5.85. The summed E-state index contributed by atoms with van der Waals surface area (Å²) in [6.45, 7) is 6.29. The molecule has 0 aromatic carbocycles. The second-order valence-corrected chi connectivity index (χ2v) is 11.7. The van der Waals surface area contributed by atoms with Crippen LogP contribution in [0.1, 0.15) is 17.7 Å². The third-order valence-electron chi connectivity index (χ3n) is 5.19. The van der Waals surface area contributed by atoms with Gasteiger partial charge in [0.15, 0.2) is 5.13 Å². The molecule has 9 heteroatoms. The lowest BCUT2D eigenvalue weighted by molar-refractivity contribution is 0.358. The van der Waals surface area contributed by atoms with Crippen molar-refractivity contribution in [3.63, 3.8) is 0 Å². The van der Waals surface area contributed by atoms with Crippen molar-refractivity contribution in [3.05, 3.63) is 23.2 Å². The fourth-order valence-corrected chi connectivity index (χ4v) is 6.31. The molecular formula is C19H28N6S3. The number of thiazole rings is 1. The van der Waals surface area contributed by atoms with Crippen LogP contribution in [0.15, 0.2) is 23.2 Å². The van der Waals surface area contributed by atoms with E-state index in [0.717, 1.165) is 54.8 Å². The third-order valence-corrected chi connectivity index (χ3v) is 8.71. The molecule has 0 amide bonds. The van der Waals surface area contributed by atoms with Crippen LogP contribution < -0.4 is 16.0 Å². The van der Waals surface area contributed by atoms with Gasteiger partial charge in [0.05, 0.1) is 0 Å². The van der Waals surface area contributed by atoms with Crippen LogP contribution in [0, 0.1) is 6.92 Å². The van der Waals surface area contributed by atoms with Gasteiger partial charge in [0.25, 0.3) is 0 Å². The van der Waals surface area contributed by atoms with Crippen molar-refractivity contribution in [3.8, 4) is 0 Å². The normalized spacial score (nSPS) is 19.8. The number of aryl methyl sites for hydroxylation is 1. The summed E-state index contributed by atoms with van der Waals surface area (Å²) in [4.78, 5) is 13.8. The van der Waals surface area contributed by atoms with Crippen molar-refractivity contribution in [2.75, 3.05) is 53.6 Å². The average Bonchev–Trinajstić information content (AvgIpc) is 3.02. The van der Waals surface area contributed by atoms with Gasteiger partial charge in [-0.15, -0.1) is 11.3 Å². The summed E-state index contributed by atoms with van der Waals surface area (Å²) in [5, 5.41) is 4.49. The monoisotopic (exact) mass is 436 g/mol. The highest BCUT2D eigenvalue weighted by molar-refractivity contribution is 8.14. The summed E-state index contributed by atoms with van der Waals surface area (Å²) in [5.41, 5.74) is 5.85. The van der Waals surface area contributed by atoms with Crippen LogP contribution in [0.5, 0.6) is 0 Å². The Labute approximate surface area is 178 Å². The van der Waals surface area contributed by atoms with E-state index in [0.29, 0.717) is 22.3 Å². The lowest BCUT2D eigenvalue weighted by atomic mass is 10.1. The largest absolute Gasteiger partial charge is 0.383 e. The zero-order valence-electron chi connectivity index (χ0n) is 16.3. The molecule has 0 spiro atoms. The molecule has 4 rings (SSSR count). The van der Waals surface area contributed by atoms with Gasteiger partial charge in [-0.05, 0) is 43.8 Å². The number of hydrogen-bond donors (Lipinski definition) is 2. The Bertz CT molecular complexity index is 784. The number of nitrogens with zero attached hydrogens (tertiary/aromatic N) is 4. The maximum atomic E-state index is 5.85. The van der Waals surface area contributed by atoms with E-state index in [2.05, 4.69) is 37.5 Å². The zero-order valence-corrected chi connectivity index (χ0v) is 18.7. The van der Waals surface area contributed by atoms with E-state index >= 15 is 0 Å². The standard InChI is InChI=1S/C19H28N6S3/c1-14-18(20)23-19(26-14)22-15-5-7-25(8-6-15)27-16-3-4-17(21-13-16)24-9-11-28(2)12-10-24/h3-4,13,15H,2,5-12,20H2,1H3,(H,22,23). The van der Waals surface area contributed by atoms with Crippen LogP contribution in [0.3, 0.4) is 0 Å². The minimum Gasteiger partial charge on any atom is -0.383 e. The molecule has 2 aliphatic rings. The van der Waals surface area contributed by atoms with Crippen molar-refractivity contribution >= 4 is 56.4 Å². The number of rotatable bonds is 5. The Morgan fingerprint density at radius 1 is 1.25 bits per heavy atom. The van der Waals surface area contributed by atoms with Crippen molar-refractivity contribution in [2.45, 2.75) is 30.7 Å². The molecule has 0 aliphatic carbocycles. The molecule has 2 aromatic rings. The van der Waals surface area contributed by atoms with Crippen molar-refractivity contribution in [2.24, 2.45) is 0 Å². The van der Waals surface area contributed by atoms with E-state index in [4.69, 9.17) is 10.7 Å². The second kappa shape index (κ2) is 9.02. The van der Waals surface area contributed by atoms with Crippen LogP contribution in [-0.4, -0.2) is 63.9 Å². The molecule has 0 bridgehead atoms. The van der Waals surface area contributed by atoms with Gasteiger partial charge in [-0.3, -0.25) is 0 Å². The van der Waals surface area contributed by atoms with E-state index in [-0.39, 0.29) is 0 Å². The van der Waals surface area contributed by atoms with Crippen molar-refractivity contribution in [1.29, 1.82) is 0 Å². The van der Waals surface area contributed by atoms with Gasteiger partial charge >= 0.3 is 0 Å². The molecule has 28 heavy (non-hydrogen) atoms. The summed E-state index contributed by atoms with van der Waals surface area (Å²) in [6, 6.07) is 4.84. The van der Waals surface area contributed by atoms with E-state index in [9.17, 15) is 0 Å². The van der Waals surface area contributed by atoms with Crippen molar-refractivity contribution in [1.82, 2.24) is 14.3 Å².